The van der Waals surface area contributed by atoms with E-state index in [0.717, 1.165) is 24.0 Å². The first kappa shape index (κ1) is 12.1. The minimum atomic E-state index is 0.436. The Labute approximate surface area is 102 Å². The van der Waals surface area contributed by atoms with E-state index in [1.807, 2.05) is 0 Å². The number of nitrogens with one attached hydrogen (secondary N) is 1. The minimum absolute atomic E-state index is 0.436. The summed E-state index contributed by atoms with van der Waals surface area (Å²) in [6, 6.07) is 6.81. The molecule has 0 spiro atoms. The molecule has 0 amide bonds. The molecule has 2 aromatic rings. The Kier molecular flexibility index (Phi) is 3.76. The van der Waals surface area contributed by atoms with Crippen LogP contribution in [-0.2, 0) is 6.42 Å². The van der Waals surface area contributed by atoms with Crippen LogP contribution < -0.4 is 5.73 Å². The fraction of sp³-hybridized carbons (Fsp3) is 0.462. The molecule has 1 aromatic carbocycles. The number of hydrogen-bond acceptors (Lipinski definition) is 3. The number of nitrogens with two attached hydrogens (primary N) is 1. The van der Waals surface area contributed by atoms with E-state index in [9.17, 15) is 0 Å². The van der Waals surface area contributed by atoms with E-state index in [2.05, 4.69) is 47.0 Å². The highest BCUT2D eigenvalue weighted by atomic mass is 15.1. The lowest BCUT2D eigenvalue weighted by atomic mass is 10.1. The standard InChI is InChI=1S/C13H20N4/c1-10(8-14)17(2)6-5-11-3-4-12-13(7-11)16-9-15-12/h3-4,7,9-10H,5-6,8,14H2,1-2H3,(H,15,16). The molecule has 1 aromatic heterocycles. The van der Waals surface area contributed by atoms with Crippen molar-refractivity contribution in [2.75, 3.05) is 20.1 Å². The molecule has 0 bridgehead atoms. The first-order valence-corrected chi connectivity index (χ1v) is 6.03. The molecule has 0 aliphatic heterocycles. The zero-order valence-corrected chi connectivity index (χ0v) is 10.5. The van der Waals surface area contributed by atoms with Crippen molar-refractivity contribution in [1.29, 1.82) is 0 Å². The largest absolute Gasteiger partial charge is 0.345 e. The van der Waals surface area contributed by atoms with Crippen molar-refractivity contribution in [1.82, 2.24) is 14.9 Å². The molecule has 1 atom stereocenters. The topological polar surface area (TPSA) is 57.9 Å². The molecule has 0 aliphatic carbocycles. The average Bonchev–Trinajstić information content (AvgIpc) is 2.82. The van der Waals surface area contributed by atoms with Crippen molar-refractivity contribution >= 4 is 11.0 Å². The van der Waals surface area contributed by atoms with Gasteiger partial charge in [0.05, 0.1) is 17.4 Å². The van der Waals surface area contributed by atoms with Gasteiger partial charge in [-0.25, -0.2) is 4.98 Å². The third-order valence-corrected chi connectivity index (χ3v) is 3.33. The summed E-state index contributed by atoms with van der Waals surface area (Å²) in [5.41, 5.74) is 9.11. The maximum Gasteiger partial charge on any atom is 0.0931 e. The Morgan fingerprint density at radius 2 is 2.29 bits per heavy atom. The number of imidazole rings is 1. The molecular formula is C13H20N4. The SMILES string of the molecule is CC(CN)N(C)CCc1ccc2nc[nH]c2c1. The van der Waals surface area contributed by atoms with Gasteiger partial charge in [0.1, 0.15) is 0 Å². The van der Waals surface area contributed by atoms with Gasteiger partial charge in [-0.3, -0.25) is 0 Å². The summed E-state index contributed by atoms with van der Waals surface area (Å²) in [4.78, 5) is 9.64. The Balaban J connectivity index is 1.98. The molecule has 0 aliphatic rings. The van der Waals surface area contributed by atoms with Crippen LogP contribution in [0.3, 0.4) is 0 Å². The van der Waals surface area contributed by atoms with Gasteiger partial charge in [0.15, 0.2) is 0 Å². The predicted octanol–water partition coefficient (Wildman–Crippen LogP) is 1.38. The van der Waals surface area contributed by atoms with Crippen LogP contribution >= 0.6 is 0 Å². The van der Waals surface area contributed by atoms with Crippen LogP contribution in [0.5, 0.6) is 0 Å². The molecule has 4 nitrogen and oxygen atoms in total. The van der Waals surface area contributed by atoms with E-state index >= 15 is 0 Å². The molecule has 3 N–H and O–H groups in total. The Hall–Kier alpha value is -1.39. The molecule has 1 unspecified atom stereocenters. The van der Waals surface area contributed by atoms with E-state index in [0.29, 0.717) is 12.6 Å². The van der Waals surface area contributed by atoms with Crippen molar-refractivity contribution < 1.29 is 0 Å². The second-order valence-corrected chi connectivity index (χ2v) is 4.57. The molecule has 2 rings (SSSR count). The minimum Gasteiger partial charge on any atom is -0.345 e. The fourth-order valence-electron chi connectivity index (χ4n) is 1.84. The van der Waals surface area contributed by atoms with E-state index in [1.165, 1.54) is 5.56 Å². The Bertz CT molecular complexity index is 477. The first-order chi connectivity index (χ1) is 8.20. The van der Waals surface area contributed by atoms with Crippen molar-refractivity contribution in [3.63, 3.8) is 0 Å². The normalized spacial score (nSPS) is 13.4. The number of aromatic nitrogens is 2. The molecule has 4 heteroatoms. The average molecular weight is 232 g/mol. The second kappa shape index (κ2) is 5.29. The number of fused-ring (bicyclic) bond motifs is 1. The molecule has 92 valence electrons. The third kappa shape index (κ3) is 2.84. The number of aromatic amines is 1. The number of H-pyrrole nitrogens is 1. The van der Waals surface area contributed by atoms with Gasteiger partial charge in [-0.05, 0) is 38.1 Å². The van der Waals surface area contributed by atoms with E-state index in [1.54, 1.807) is 6.33 Å². The van der Waals surface area contributed by atoms with Gasteiger partial charge >= 0.3 is 0 Å². The molecule has 17 heavy (non-hydrogen) atoms. The lowest BCUT2D eigenvalue weighted by Gasteiger charge is -2.23. The molecule has 0 fully saturated rings. The maximum atomic E-state index is 5.65. The summed E-state index contributed by atoms with van der Waals surface area (Å²) < 4.78 is 0. The van der Waals surface area contributed by atoms with Gasteiger partial charge in [-0.1, -0.05) is 6.07 Å². The van der Waals surface area contributed by atoms with Gasteiger partial charge in [0.25, 0.3) is 0 Å². The van der Waals surface area contributed by atoms with Crippen molar-refractivity contribution in [3.05, 3.63) is 30.1 Å². The van der Waals surface area contributed by atoms with Gasteiger partial charge in [0, 0.05) is 19.1 Å². The lowest BCUT2D eigenvalue weighted by Crippen LogP contribution is -2.36. The van der Waals surface area contributed by atoms with Crippen LogP contribution in [0, 0.1) is 0 Å². The monoisotopic (exact) mass is 232 g/mol. The van der Waals surface area contributed by atoms with Gasteiger partial charge in [-0.15, -0.1) is 0 Å². The summed E-state index contributed by atoms with van der Waals surface area (Å²) in [5.74, 6) is 0. The number of benzene rings is 1. The van der Waals surface area contributed by atoms with Crippen molar-refractivity contribution in [2.45, 2.75) is 19.4 Å². The van der Waals surface area contributed by atoms with Crippen LogP contribution in [0.15, 0.2) is 24.5 Å². The molecule has 0 saturated carbocycles. The van der Waals surface area contributed by atoms with Crippen LogP contribution in [0.1, 0.15) is 12.5 Å². The summed E-state index contributed by atoms with van der Waals surface area (Å²) in [7, 11) is 2.12. The lowest BCUT2D eigenvalue weighted by molar-refractivity contribution is 0.266. The molecular weight excluding hydrogens is 212 g/mol. The van der Waals surface area contributed by atoms with E-state index < -0.39 is 0 Å². The Morgan fingerprint density at radius 1 is 1.47 bits per heavy atom. The van der Waals surface area contributed by atoms with E-state index in [-0.39, 0.29) is 0 Å². The summed E-state index contributed by atoms with van der Waals surface area (Å²) >= 11 is 0. The highest BCUT2D eigenvalue weighted by Gasteiger charge is 2.07. The quantitative estimate of drug-likeness (QED) is 0.819. The molecule has 1 heterocycles. The molecule has 0 radical (unpaired) electrons. The van der Waals surface area contributed by atoms with Crippen molar-refractivity contribution in [2.24, 2.45) is 5.73 Å². The smallest absolute Gasteiger partial charge is 0.0931 e. The second-order valence-electron chi connectivity index (χ2n) is 4.57. The van der Waals surface area contributed by atoms with Gasteiger partial charge < -0.3 is 15.6 Å². The number of nitrogens with zero attached hydrogens (tertiary/aromatic N) is 2. The fourth-order valence-corrected chi connectivity index (χ4v) is 1.84. The Morgan fingerprint density at radius 3 is 3.06 bits per heavy atom. The van der Waals surface area contributed by atoms with Gasteiger partial charge in [-0.2, -0.15) is 0 Å². The third-order valence-electron chi connectivity index (χ3n) is 3.33. The van der Waals surface area contributed by atoms with Crippen LogP contribution in [0.2, 0.25) is 0 Å². The highest BCUT2D eigenvalue weighted by molar-refractivity contribution is 5.75. The number of likely N-dealkylation sites (N-methyl/N-ethyl adjacent to an activating group) is 1. The van der Waals surface area contributed by atoms with Crippen LogP contribution in [0.25, 0.3) is 11.0 Å². The predicted molar refractivity (Wildman–Crippen MR) is 70.9 cm³/mol. The summed E-state index contributed by atoms with van der Waals surface area (Å²) in [5, 5.41) is 0. The summed E-state index contributed by atoms with van der Waals surface area (Å²) in [6.07, 6.45) is 2.77. The number of rotatable bonds is 5. The molecule has 0 saturated heterocycles. The van der Waals surface area contributed by atoms with E-state index in [4.69, 9.17) is 5.73 Å². The van der Waals surface area contributed by atoms with Crippen LogP contribution in [-0.4, -0.2) is 41.0 Å². The zero-order chi connectivity index (χ0) is 12.3. The number of hydrogen-bond donors (Lipinski definition) is 2. The zero-order valence-electron chi connectivity index (χ0n) is 10.5. The maximum absolute atomic E-state index is 5.65. The first-order valence-electron chi connectivity index (χ1n) is 6.03. The van der Waals surface area contributed by atoms with Gasteiger partial charge in [0.2, 0.25) is 0 Å². The summed E-state index contributed by atoms with van der Waals surface area (Å²) in [6.45, 7) is 3.88. The highest BCUT2D eigenvalue weighted by Crippen LogP contribution is 2.12. The van der Waals surface area contributed by atoms with Crippen molar-refractivity contribution in [3.8, 4) is 0 Å². The van der Waals surface area contributed by atoms with Crippen LogP contribution in [0.4, 0.5) is 0 Å².